The molecule has 0 amide bonds. The number of rotatable bonds is 3. The molecule has 18 heavy (non-hydrogen) atoms. The number of hydrogen-bond acceptors (Lipinski definition) is 3. The predicted octanol–water partition coefficient (Wildman–Crippen LogP) is 1.56. The van der Waals surface area contributed by atoms with Gasteiger partial charge in [0.25, 0.3) is 0 Å². The minimum Gasteiger partial charge on any atom is -0.299 e. The number of piperazine rings is 3. The fourth-order valence-corrected chi connectivity index (χ4v) is 3.11. The molecule has 96 valence electrons. The fourth-order valence-electron chi connectivity index (χ4n) is 2.84. The van der Waals surface area contributed by atoms with Crippen molar-refractivity contribution in [3.63, 3.8) is 0 Å². The van der Waals surface area contributed by atoms with Crippen LogP contribution in [0.4, 0.5) is 0 Å². The molecule has 4 rings (SSSR count). The van der Waals surface area contributed by atoms with Gasteiger partial charge in [-0.25, -0.2) is 0 Å². The topological polar surface area (TPSA) is 23.6 Å². The van der Waals surface area contributed by atoms with E-state index in [4.69, 9.17) is 0 Å². The Labute approximate surface area is 116 Å². The molecular formula is C14H17BrN2O. The van der Waals surface area contributed by atoms with Crippen molar-refractivity contribution >= 4 is 21.7 Å². The van der Waals surface area contributed by atoms with Gasteiger partial charge in [0.05, 0.1) is 6.04 Å². The molecular weight excluding hydrogens is 292 g/mol. The van der Waals surface area contributed by atoms with E-state index >= 15 is 0 Å². The van der Waals surface area contributed by atoms with Gasteiger partial charge < -0.3 is 0 Å². The molecule has 3 aliphatic rings. The van der Waals surface area contributed by atoms with Crippen molar-refractivity contribution in [3.05, 3.63) is 34.3 Å². The summed E-state index contributed by atoms with van der Waals surface area (Å²) in [4.78, 5) is 17.1. The van der Waals surface area contributed by atoms with Gasteiger partial charge in [-0.2, -0.15) is 0 Å². The van der Waals surface area contributed by atoms with E-state index < -0.39 is 0 Å². The molecule has 1 unspecified atom stereocenters. The zero-order valence-electron chi connectivity index (χ0n) is 10.3. The Morgan fingerprint density at radius 3 is 2.39 bits per heavy atom. The van der Waals surface area contributed by atoms with Gasteiger partial charge in [0.1, 0.15) is 0 Å². The van der Waals surface area contributed by atoms with E-state index in [2.05, 4.69) is 25.7 Å². The van der Waals surface area contributed by atoms with Crippen molar-refractivity contribution in [2.45, 2.75) is 12.5 Å². The van der Waals surface area contributed by atoms with Gasteiger partial charge >= 0.3 is 0 Å². The van der Waals surface area contributed by atoms with Gasteiger partial charge in [-0.3, -0.25) is 14.6 Å². The molecule has 0 saturated carbocycles. The second kappa shape index (κ2) is 5.11. The van der Waals surface area contributed by atoms with Crippen LogP contribution in [0.15, 0.2) is 28.7 Å². The highest BCUT2D eigenvalue weighted by atomic mass is 79.9. The lowest BCUT2D eigenvalue weighted by Gasteiger charge is -2.46. The van der Waals surface area contributed by atoms with Crippen LogP contribution < -0.4 is 0 Å². The number of Topliss-reactive ketones (excluding diaryl/α,β-unsaturated/α-hetero) is 1. The number of hydrogen-bond donors (Lipinski definition) is 0. The first kappa shape index (κ1) is 12.3. The van der Waals surface area contributed by atoms with Crippen LogP contribution >= 0.6 is 15.9 Å². The Morgan fingerprint density at radius 2 is 1.83 bits per heavy atom. The summed E-state index contributed by atoms with van der Waals surface area (Å²) in [6, 6.07) is 8.17. The number of halogens is 1. The normalized spacial score (nSPS) is 30.4. The first-order valence-electron chi connectivity index (χ1n) is 6.46. The Kier molecular flexibility index (Phi) is 3.50. The largest absolute Gasteiger partial charge is 0.299 e. The summed E-state index contributed by atoms with van der Waals surface area (Å²) in [5.41, 5.74) is 1.11. The Morgan fingerprint density at radius 1 is 1.17 bits per heavy atom. The zero-order chi connectivity index (χ0) is 12.5. The van der Waals surface area contributed by atoms with Crippen LogP contribution in [0.25, 0.3) is 0 Å². The second-order valence-electron chi connectivity index (χ2n) is 5.12. The molecule has 1 atom stereocenters. The van der Waals surface area contributed by atoms with E-state index in [1.165, 1.54) is 0 Å². The quantitative estimate of drug-likeness (QED) is 0.847. The van der Waals surface area contributed by atoms with E-state index in [0.29, 0.717) is 12.2 Å². The molecule has 0 aromatic heterocycles. The molecule has 0 N–H and O–H groups in total. The molecule has 0 spiro atoms. The lowest BCUT2D eigenvalue weighted by molar-refractivity contribution is -0.128. The number of carbonyl (C=O) groups is 1. The number of carbonyl (C=O) groups excluding carboxylic acids is 1. The highest BCUT2D eigenvalue weighted by Gasteiger charge is 2.35. The molecule has 0 radical (unpaired) electrons. The maximum Gasteiger partial charge on any atom is 0.155 e. The molecule has 4 heteroatoms. The van der Waals surface area contributed by atoms with Gasteiger partial charge in [-0.05, 0) is 17.7 Å². The highest BCUT2D eigenvalue weighted by Crippen LogP contribution is 2.18. The summed E-state index contributed by atoms with van der Waals surface area (Å²) in [7, 11) is 0. The van der Waals surface area contributed by atoms with Crippen LogP contribution in [-0.4, -0.2) is 54.3 Å². The SMILES string of the molecule is O=C(Cc1ccc(Br)cc1)C1CN2CCN1CC2. The summed E-state index contributed by atoms with van der Waals surface area (Å²) in [5, 5.41) is 0. The maximum absolute atomic E-state index is 12.4. The first-order valence-corrected chi connectivity index (χ1v) is 7.25. The minimum absolute atomic E-state index is 0.121. The smallest absolute Gasteiger partial charge is 0.155 e. The van der Waals surface area contributed by atoms with Crippen LogP contribution in [0, 0.1) is 0 Å². The van der Waals surface area contributed by atoms with E-state index in [0.717, 1.165) is 42.8 Å². The van der Waals surface area contributed by atoms with Crippen molar-refractivity contribution < 1.29 is 4.79 Å². The van der Waals surface area contributed by atoms with E-state index in [-0.39, 0.29) is 6.04 Å². The molecule has 2 bridgehead atoms. The van der Waals surface area contributed by atoms with Crippen LogP contribution in [0.3, 0.4) is 0 Å². The maximum atomic E-state index is 12.4. The van der Waals surface area contributed by atoms with Crippen molar-refractivity contribution in [1.29, 1.82) is 0 Å². The monoisotopic (exact) mass is 308 g/mol. The molecule has 3 nitrogen and oxygen atoms in total. The average molecular weight is 309 g/mol. The summed E-state index contributed by atoms with van der Waals surface area (Å²) in [6.07, 6.45) is 0.558. The first-order chi connectivity index (χ1) is 8.72. The third-order valence-electron chi connectivity index (χ3n) is 3.94. The van der Waals surface area contributed by atoms with Gasteiger partial charge in [0.15, 0.2) is 5.78 Å². The molecule has 3 aliphatic heterocycles. The zero-order valence-corrected chi connectivity index (χ0v) is 11.9. The summed E-state index contributed by atoms with van der Waals surface area (Å²) < 4.78 is 1.06. The van der Waals surface area contributed by atoms with E-state index in [1.54, 1.807) is 0 Å². The lowest BCUT2D eigenvalue weighted by Crippen LogP contribution is -2.63. The number of nitrogens with zero attached hydrogens (tertiary/aromatic N) is 2. The second-order valence-corrected chi connectivity index (χ2v) is 6.04. The minimum atomic E-state index is 0.121. The molecule has 1 aromatic carbocycles. The Hall–Kier alpha value is -0.710. The number of ketones is 1. The van der Waals surface area contributed by atoms with Crippen molar-refractivity contribution in [1.82, 2.24) is 9.80 Å². The third-order valence-corrected chi connectivity index (χ3v) is 4.47. The van der Waals surface area contributed by atoms with Crippen LogP contribution in [0.5, 0.6) is 0 Å². The highest BCUT2D eigenvalue weighted by molar-refractivity contribution is 9.10. The van der Waals surface area contributed by atoms with Gasteiger partial charge in [-0.15, -0.1) is 0 Å². The molecule has 3 fully saturated rings. The lowest BCUT2D eigenvalue weighted by atomic mass is 9.98. The van der Waals surface area contributed by atoms with Gasteiger partial charge in [0.2, 0.25) is 0 Å². The fraction of sp³-hybridized carbons (Fsp3) is 0.500. The molecule has 3 heterocycles. The van der Waals surface area contributed by atoms with Crippen LogP contribution in [-0.2, 0) is 11.2 Å². The van der Waals surface area contributed by atoms with Crippen LogP contribution in [0.1, 0.15) is 5.56 Å². The third kappa shape index (κ3) is 2.51. The molecule has 1 aromatic rings. The number of fused-ring (bicyclic) bond motifs is 3. The summed E-state index contributed by atoms with van der Waals surface area (Å²) >= 11 is 3.41. The van der Waals surface area contributed by atoms with Crippen molar-refractivity contribution in [2.75, 3.05) is 32.7 Å². The van der Waals surface area contributed by atoms with E-state index in [9.17, 15) is 4.79 Å². The van der Waals surface area contributed by atoms with E-state index in [1.807, 2.05) is 24.3 Å². The van der Waals surface area contributed by atoms with Crippen molar-refractivity contribution in [2.24, 2.45) is 0 Å². The summed E-state index contributed by atoms with van der Waals surface area (Å²) in [5.74, 6) is 0.363. The van der Waals surface area contributed by atoms with Gasteiger partial charge in [0, 0.05) is 43.6 Å². The molecule has 3 saturated heterocycles. The van der Waals surface area contributed by atoms with Crippen molar-refractivity contribution in [3.8, 4) is 0 Å². The van der Waals surface area contributed by atoms with Crippen LogP contribution in [0.2, 0.25) is 0 Å². The Balaban J connectivity index is 1.66. The predicted molar refractivity (Wildman–Crippen MR) is 74.7 cm³/mol. The standard InChI is InChI=1S/C14H17BrN2O/c15-12-3-1-11(2-4-12)9-14(18)13-10-16-5-7-17(13)8-6-16/h1-4,13H,5-10H2. The Bertz CT molecular complexity index is 438. The average Bonchev–Trinajstić information content (AvgIpc) is 2.42. The van der Waals surface area contributed by atoms with Gasteiger partial charge in [-0.1, -0.05) is 28.1 Å². The number of benzene rings is 1. The summed E-state index contributed by atoms with van der Waals surface area (Å²) in [6.45, 7) is 5.28. The molecule has 0 aliphatic carbocycles.